The van der Waals surface area contributed by atoms with Gasteiger partial charge in [-0.15, -0.1) is 0 Å². The van der Waals surface area contributed by atoms with E-state index in [4.69, 9.17) is 16.3 Å². The Morgan fingerprint density at radius 1 is 1.28 bits per heavy atom. The molecule has 0 unspecified atom stereocenters. The summed E-state index contributed by atoms with van der Waals surface area (Å²) in [7, 11) is 3.45. The Kier molecular flexibility index (Phi) is 5.14. The van der Waals surface area contributed by atoms with Gasteiger partial charge in [0.2, 0.25) is 0 Å². The summed E-state index contributed by atoms with van der Waals surface area (Å²) in [5, 5.41) is 17.1. The van der Waals surface area contributed by atoms with Crippen LogP contribution in [0.15, 0.2) is 41.3 Å². The van der Waals surface area contributed by atoms with E-state index < -0.39 is 0 Å². The van der Waals surface area contributed by atoms with Crippen molar-refractivity contribution in [2.24, 2.45) is 7.05 Å². The molecule has 2 aromatic heterocycles. The number of nitriles is 1. The third kappa shape index (κ3) is 3.53. The molecule has 1 fully saturated rings. The lowest BCUT2D eigenvalue weighted by molar-refractivity contribution is 0.0287. The fraction of sp³-hybridized carbons (Fsp3) is 0.286. The van der Waals surface area contributed by atoms with Gasteiger partial charge in [-0.1, -0.05) is 11.6 Å². The van der Waals surface area contributed by atoms with Crippen molar-refractivity contribution in [1.82, 2.24) is 9.55 Å². The molecule has 2 N–H and O–H groups in total. The van der Waals surface area contributed by atoms with Crippen LogP contribution >= 0.6 is 11.6 Å². The lowest BCUT2D eigenvalue weighted by Gasteiger charge is -2.36. The first-order valence-electron chi connectivity index (χ1n) is 9.26. The van der Waals surface area contributed by atoms with Gasteiger partial charge in [0.05, 0.1) is 23.3 Å². The maximum atomic E-state index is 12.4. The van der Waals surface area contributed by atoms with Crippen LogP contribution in [0.2, 0.25) is 5.15 Å². The number of hydrogen-bond donors (Lipinski definition) is 2. The largest absolute Gasteiger partial charge is 0.379 e. The van der Waals surface area contributed by atoms with Gasteiger partial charge in [-0.3, -0.25) is 4.79 Å². The summed E-state index contributed by atoms with van der Waals surface area (Å²) >= 11 is 6.03. The molecule has 0 bridgehead atoms. The van der Waals surface area contributed by atoms with Gasteiger partial charge in [-0.05, 0) is 37.1 Å². The van der Waals surface area contributed by atoms with Crippen molar-refractivity contribution in [3.8, 4) is 6.07 Å². The summed E-state index contributed by atoms with van der Waals surface area (Å²) in [5.74, 6) is 0. The van der Waals surface area contributed by atoms with E-state index in [-0.39, 0.29) is 28.4 Å². The van der Waals surface area contributed by atoms with Crippen LogP contribution in [0.1, 0.15) is 18.4 Å². The summed E-state index contributed by atoms with van der Waals surface area (Å²) in [6.07, 6.45) is 3.69. The monoisotopic (exact) mass is 409 g/mol. The first-order chi connectivity index (χ1) is 14.0. The SMILES string of the molecule is CO[C@H]1CC[C@H]1Nc1cc(=O)n(C)c2ccc(Nc3ccnc(Cl)c3C#N)cc12. The quantitative estimate of drug-likeness (QED) is 0.623. The summed E-state index contributed by atoms with van der Waals surface area (Å²) < 4.78 is 7.08. The lowest BCUT2D eigenvalue weighted by Crippen LogP contribution is -2.44. The molecule has 0 spiro atoms. The number of hydrogen-bond acceptors (Lipinski definition) is 6. The Morgan fingerprint density at radius 3 is 2.79 bits per heavy atom. The number of rotatable bonds is 5. The Labute approximate surface area is 172 Å². The molecule has 29 heavy (non-hydrogen) atoms. The van der Waals surface area contributed by atoms with Crippen LogP contribution in [-0.2, 0) is 11.8 Å². The van der Waals surface area contributed by atoms with Gasteiger partial charge in [0, 0.05) is 43.2 Å². The number of nitrogens with zero attached hydrogens (tertiary/aromatic N) is 3. The number of halogens is 1. The molecule has 0 amide bonds. The van der Waals surface area contributed by atoms with Crippen LogP contribution in [-0.4, -0.2) is 28.8 Å². The molecule has 1 aliphatic rings. The Morgan fingerprint density at radius 2 is 2.10 bits per heavy atom. The maximum Gasteiger partial charge on any atom is 0.252 e. The highest BCUT2D eigenvalue weighted by atomic mass is 35.5. The second kappa shape index (κ2) is 7.74. The molecule has 2 atom stereocenters. The predicted molar refractivity (Wildman–Crippen MR) is 114 cm³/mol. The zero-order valence-corrected chi connectivity index (χ0v) is 16.8. The van der Waals surface area contributed by atoms with Crippen molar-refractivity contribution in [2.45, 2.75) is 25.0 Å². The van der Waals surface area contributed by atoms with E-state index in [1.807, 2.05) is 18.2 Å². The highest BCUT2D eigenvalue weighted by Crippen LogP contribution is 2.32. The van der Waals surface area contributed by atoms with Crippen LogP contribution in [0.4, 0.5) is 17.1 Å². The third-order valence-electron chi connectivity index (χ3n) is 5.40. The summed E-state index contributed by atoms with van der Waals surface area (Å²) in [5.41, 5.74) is 3.13. The minimum Gasteiger partial charge on any atom is -0.379 e. The van der Waals surface area contributed by atoms with E-state index in [1.165, 1.54) is 0 Å². The predicted octanol–water partition coefficient (Wildman–Crippen LogP) is 3.79. The molecule has 1 aliphatic carbocycles. The van der Waals surface area contributed by atoms with Gasteiger partial charge in [-0.25, -0.2) is 4.98 Å². The minimum atomic E-state index is -0.0818. The second-order valence-corrected chi connectivity index (χ2v) is 7.41. The Bertz CT molecular complexity index is 1180. The van der Waals surface area contributed by atoms with E-state index in [0.717, 1.165) is 35.1 Å². The van der Waals surface area contributed by atoms with E-state index in [2.05, 4.69) is 21.7 Å². The molecule has 1 saturated carbocycles. The molecule has 1 aromatic carbocycles. The van der Waals surface area contributed by atoms with Crippen LogP contribution in [0.3, 0.4) is 0 Å². The van der Waals surface area contributed by atoms with Crippen molar-refractivity contribution in [1.29, 1.82) is 5.26 Å². The summed E-state index contributed by atoms with van der Waals surface area (Å²) in [4.78, 5) is 16.4. The Hall–Kier alpha value is -3.08. The van der Waals surface area contributed by atoms with Gasteiger partial charge in [-0.2, -0.15) is 5.26 Å². The number of methoxy groups -OCH3 is 1. The molecule has 148 valence electrons. The molecule has 3 aromatic rings. The molecule has 0 aliphatic heterocycles. The van der Waals surface area contributed by atoms with Crippen LogP contribution < -0.4 is 16.2 Å². The van der Waals surface area contributed by atoms with Crippen molar-refractivity contribution in [3.63, 3.8) is 0 Å². The zero-order valence-electron chi connectivity index (χ0n) is 16.1. The maximum absolute atomic E-state index is 12.4. The number of fused-ring (bicyclic) bond motifs is 1. The molecule has 0 saturated heterocycles. The molecule has 8 heteroatoms. The third-order valence-corrected chi connectivity index (χ3v) is 5.68. The number of ether oxygens (including phenoxy) is 1. The van der Waals surface area contributed by atoms with Crippen molar-refractivity contribution >= 4 is 39.6 Å². The van der Waals surface area contributed by atoms with Gasteiger partial charge in [0.15, 0.2) is 0 Å². The standard InChI is InChI=1S/C21H20ClN5O2/c1-27-18-5-3-12(25-15-7-8-24-21(22)14(15)11-23)9-13(18)17(10-20(27)28)26-16-4-6-19(16)29-2/h3,5,7-10,16,19,26H,4,6H2,1-2H3,(H,24,25)/t16-,19+/m1/s1. The van der Waals surface area contributed by atoms with Crippen LogP contribution in [0.25, 0.3) is 10.9 Å². The average molecular weight is 410 g/mol. The number of pyridine rings is 2. The van der Waals surface area contributed by atoms with Crippen molar-refractivity contribution < 1.29 is 4.74 Å². The van der Waals surface area contributed by atoms with Gasteiger partial charge < -0.3 is 19.9 Å². The molecule has 4 rings (SSSR count). The van der Waals surface area contributed by atoms with E-state index in [0.29, 0.717) is 5.69 Å². The molecule has 7 nitrogen and oxygen atoms in total. The minimum absolute atomic E-state index is 0.0818. The van der Waals surface area contributed by atoms with Gasteiger partial charge in [0.25, 0.3) is 5.56 Å². The van der Waals surface area contributed by atoms with Gasteiger partial charge in [0.1, 0.15) is 16.8 Å². The Balaban J connectivity index is 1.76. The lowest BCUT2D eigenvalue weighted by atomic mass is 9.88. The zero-order chi connectivity index (χ0) is 20.5. The summed E-state index contributed by atoms with van der Waals surface area (Å²) in [6, 6.07) is 11.3. The first kappa shape index (κ1) is 19.2. The molecule has 2 heterocycles. The highest BCUT2D eigenvalue weighted by Gasteiger charge is 2.31. The highest BCUT2D eigenvalue weighted by molar-refractivity contribution is 6.31. The van der Waals surface area contributed by atoms with Gasteiger partial charge >= 0.3 is 0 Å². The smallest absolute Gasteiger partial charge is 0.252 e. The fourth-order valence-corrected chi connectivity index (χ4v) is 3.78. The van der Waals surface area contributed by atoms with E-state index >= 15 is 0 Å². The van der Waals surface area contributed by atoms with Crippen LogP contribution in [0.5, 0.6) is 0 Å². The average Bonchev–Trinajstić information content (AvgIpc) is 2.69. The van der Waals surface area contributed by atoms with Crippen molar-refractivity contribution in [3.05, 3.63) is 57.6 Å². The normalized spacial score (nSPS) is 18.1. The topological polar surface area (TPSA) is 92.0 Å². The summed E-state index contributed by atoms with van der Waals surface area (Å²) in [6.45, 7) is 0. The first-order valence-corrected chi connectivity index (χ1v) is 9.64. The van der Waals surface area contributed by atoms with E-state index in [1.54, 1.807) is 37.1 Å². The number of nitrogens with one attached hydrogen (secondary N) is 2. The number of anilines is 3. The number of aryl methyl sites for hydroxylation is 1. The molecule has 0 radical (unpaired) electrons. The molecular weight excluding hydrogens is 390 g/mol. The van der Waals surface area contributed by atoms with E-state index in [9.17, 15) is 10.1 Å². The second-order valence-electron chi connectivity index (χ2n) is 7.05. The number of benzene rings is 1. The van der Waals surface area contributed by atoms with Crippen molar-refractivity contribution in [2.75, 3.05) is 17.7 Å². The fourth-order valence-electron chi connectivity index (χ4n) is 3.58. The van der Waals surface area contributed by atoms with Crippen LogP contribution in [0, 0.1) is 11.3 Å². The molecular formula is C21H20ClN5O2. The number of aromatic nitrogens is 2.